The fraction of sp³-hybridized carbons (Fsp3) is 1.00. The molecule has 4 heteroatoms. The summed E-state index contributed by atoms with van der Waals surface area (Å²) in [6.07, 6.45) is 0.898. The highest BCUT2D eigenvalue weighted by Crippen LogP contribution is 2.18. The van der Waals surface area contributed by atoms with E-state index in [0.717, 1.165) is 13.1 Å². The third-order valence-electron chi connectivity index (χ3n) is 3.12. The number of hydrogen-bond acceptors (Lipinski definition) is 4. The predicted octanol–water partition coefficient (Wildman–Crippen LogP) is -0.960. The minimum atomic E-state index is -0.282. The van der Waals surface area contributed by atoms with E-state index in [1.807, 2.05) is 7.05 Å². The second kappa shape index (κ2) is 3.92. The van der Waals surface area contributed by atoms with Crippen molar-refractivity contribution in [2.24, 2.45) is 0 Å². The van der Waals surface area contributed by atoms with Gasteiger partial charge < -0.3 is 15.2 Å². The molecule has 0 bridgehead atoms. The van der Waals surface area contributed by atoms with Crippen LogP contribution in [0.25, 0.3) is 0 Å². The van der Waals surface area contributed by atoms with Crippen molar-refractivity contribution in [2.45, 2.75) is 24.6 Å². The van der Waals surface area contributed by atoms with E-state index in [0.29, 0.717) is 19.3 Å². The summed E-state index contributed by atoms with van der Waals surface area (Å²) in [5.41, 5.74) is 0. The van der Waals surface area contributed by atoms with Crippen LogP contribution in [0.3, 0.4) is 0 Å². The first-order chi connectivity index (χ1) is 6.31. The molecule has 2 rings (SSSR count). The van der Waals surface area contributed by atoms with Crippen LogP contribution >= 0.6 is 0 Å². The Morgan fingerprint density at radius 2 is 2.31 bits per heavy atom. The van der Waals surface area contributed by atoms with Gasteiger partial charge in [0, 0.05) is 19.1 Å². The van der Waals surface area contributed by atoms with Crippen molar-refractivity contribution in [3.8, 4) is 0 Å². The third-order valence-corrected chi connectivity index (χ3v) is 3.12. The van der Waals surface area contributed by atoms with Gasteiger partial charge in [0.15, 0.2) is 0 Å². The van der Waals surface area contributed by atoms with Crippen LogP contribution in [0.1, 0.15) is 6.42 Å². The lowest BCUT2D eigenvalue weighted by molar-refractivity contribution is 0.0938. The molecule has 13 heavy (non-hydrogen) atoms. The number of hydrogen-bond donors (Lipinski definition) is 2. The maximum atomic E-state index is 9.62. The maximum absolute atomic E-state index is 9.62. The molecule has 2 N–H and O–H groups in total. The molecule has 0 spiro atoms. The number of aliphatic hydroxyl groups excluding tert-OH is 1. The van der Waals surface area contributed by atoms with Gasteiger partial charge in [-0.2, -0.15) is 0 Å². The molecular formula is C9H18N2O2. The average molecular weight is 186 g/mol. The van der Waals surface area contributed by atoms with E-state index < -0.39 is 0 Å². The number of nitrogens with one attached hydrogen (secondary N) is 1. The highest BCUT2D eigenvalue weighted by Gasteiger charge is 2.35. The van der Waals surface area contributed by atoms with Crippen LogP contribution in [-0.4, -0.2) is 61.5 Å². The van der Waals surface area contributed by atoms with Crippen molar-refractivity contribution < 1.29 is 9.84 Å². The zero-order chi connectivity index (χ0) is 9.26. The maximum Gasteiger partial charge on any atom is 0.0950 e. The minimum absolute atomic E-state index is 0.235. The monoisotopic (exact) mass is 186 g/mol. The van der Waals surface area contributed by atoms with Crippen molar-refractivity contribution in [3.05, 3.63) is 0 Å². The van der Waals surface area contributed by atoms with Crippen LogP contribution in [-0.2, 0) is 4.74 Å². The standard InChI is InChI=1S/C9H18N2O2/c1-10-7-2-3-11(4-7)8-5-13-6-9(8)12/h7-10,12H,2-6H2,1H3. The van der Waals surface area contributed by atoms with Gasteiger partial charge in [0.05, 0.1) is 25.4 Å². The van der Waals surface area contributed by atoms with Gasteiger partial charge in [-0.1, -0.05) is 0 Å². The third kappa shape index (κ3) is 1.86. The Hall–Kier alpha value is -0.160. The van der Waals surface area contributed by atoms with Crippen molar-refractivity contribution >= 4 is 0 Å². The van der Waals surface area contributed by atoms with Gasteiger partial charge in [0.1, 0.15) is 0 Å². The first-order valence-corrected chi connectivity index (χ1v) is 4.98. The van der Waals surface area contributed by atoms with Gasteiger partial charge in [-0.25, -0.2) is 0 Å². The second-order valence-electron chi connectivity index (χ2n) is 3.94. The van der Waals surface area contributed by atoms with Crippen LogP contribution < -0.4 is 5.32 Å². The average Bonchev–Trinajstić information content (AvgIpc) is 2.71. The minimum Gasteiger partial charge on any atom is -0.389 e. The van der Waals surface area contributed by atoms with Crippen molar-refractivity contribution in [2.75, 3.05) is 33.4 Å². The molecule has 2 heterocycles. The van der Waals surface area contributed by atoms with Crippen LogP contribution in [0.2, 0.25) is 0 Å². The molecule has 76 valence electrons. The Kier molecular flexibility index (Phi) is 2.83. The summed E-state index contributed by atoms with van der Waals surface area (Å²) < 4.78 is 5.24. The smallest absolute Gasteiger partial charge is 0.0950 e. The van der Waals surface area contributed by atoms with Gasteiger partial charge in [-0.3, -0.25) is 4.90 Å². The Morgan fingerprint density at radius 1 is 1.46 bits per heavy atom. The highest BCUT2D eigenvalue weighted by molar-refractivity contribution is 4.90. The molecule has 0 saturated carbocycles. The zero-order valence-corrected chi connectivity index (χ0v) is 8.07. The van der Waals surface area contributed by atoms with Crippen molar-refractivity contribution in [1.82, 2.24) is 10.2 Å². The predicted molar refractivity (Wildman–Crippen MR) is 49.7 cm³/mol. The molecule has 3 atom stereocenters. The summed E-state index contributed by atoms with van der Waals surface area (Å²) in [5, 5.41) is 12.9. The summed E-state index contributed by atoms with van der Waals surface area (Å²) in [4.78, 5) is 2.33. The molecular weight excluding hydrogens is 168 g/mol. The number of ether oxygens (including phenoxy) is 1. The number of likely N-dealkylation sites (N-methyl/N-ethyl adjacent to an activating group) is 1. The number of likely N-dealkylation sites (tertiary alicyclic amines) is 1. The molecule has 0 aromatic carbocycles. The summed E-state index contributed by atoms with van der Waals surface area (Å²) in [7, 11) is 2.00. The molecule has 2 aliphatic rings. The SMILES string of the molecule is CNC1CCN(C2COCC2O)C1. The number of rotatable bonds is 2. The highest BCUT2D eigenvalue weighted by atomic mass is 16.5. The largest absolute Gasteiger partial charge is 0.389 e. The number of aliphatic hydroxyl groups is 1. The Labute approximate surface area is 78.9 Å². The molecule has 0 aromatic heterocycles. The fourth-order valence-electron chi connectivity index (χ4n) is 2.20. The summed E-state index contributed by atoms with van der Waals surface area (Å²) in [5.74, 6) is 0. The van der Waals surface area contributed by atoms with Crippen molar-refractivity contribution in [3.63, 3.8) is 0 Å². The molecule has 4 nitrogen and oxygen atoms in total. The van der Waals surface area contributed by atoms with E-state index in [1.165, 1.54) is 6.42 Å². The molecule has 0 aliphatic carbocycles. The van der Waals surface area contributed by atoms with E-state index in [2.05, 4.69) is 10.2 Å². The van der Waals surface area contributed by atoms with Crippen molar-refractivity contribution in [1.29, 1.82) is 0 Å². The van der Waals surface area contributed by atoms with E-state index in [1.54, 1.807) is 0 Å². The van der Waals surface area contributed by atoms with E-state index in [9.17, 15) is 5.11 Å². The lowest BCUT2D eigenvalue weighted by Crippen LogP contribution is -2.43. The fourth-order valence-corrected chi connectivity index (χ4v) is 2.20. The molecule has 0 amide bonds. The van der Waals surface area contributed by atoms with Gasteiger partial charge in [0.25, 0.3) is 0 Å². The van der Waals surface area contributed by atoms with Crippen LogP contribution in [0.15, 0.2) is 0 Å². The first-order valence-electron chi connectivity index (χ1n) is 4.98. The normalized spacial score (nSPS) is 41.5. The molecule has 2 saturated heterocycles. The molecule has 0 aromatic rings. The molecule has 3 unspecified atom stereocenters. The lowest BCUT2D eigenvalue weighted by atomic mass is 10.2. The van der Waals surface area contributed by atoms with Gasteiger partial charge in [-0.05, 0) is 13.5 Å². The van der Waals surface area contributed by atoms with Crippen LogP contribution in [0.5, 0.6) is 0 Å². The van der Waals surface area contributed by atoms with Gasteiger partial charge in [0.2, 0.25) is 0 Å². The van der Waals surface area contributed by atoms with Gasteiger partial charge in [-0.15, -0.1) is 0 Å². The first kappa shape index (κ1) is 9.40. The lowest BCUT2D eigenvalue weighted by Gasteiger charge is -2.24. The topological polar surface area (TPSA) is 44.7 Å². The van der Waals surface area contributed by atoms with Crippen LogP contribution in [0.4, 0.5) is 0 Å². The summed E-state index contributed by atoms with van der Waals surface area (Å²) in [6, 6.07) is 0.825. The zero-order valence-electron chi connectivity index (χ0n) is 8.07. The van der Waals surface area contributed by atoms with Gasteiger partial charge >= 0.3 is 0 Å². The van der Waals surface area contributed by atoms with E-state index in [4.69, 9.17) is 4.74 Å². The molecule has 2 aliphatic heterocycles. The Bertz CT molecular complexity index is 177. The second-order valence-corrected chi connectivity index (χ2v) is 3.94. The Morgan fingerprint density at radius 3 is 2.85 bits per heavy atom. The summed E-state index contributed by atoms with van der Waals surface area (Å²) >= 11 is 0. The number of nitrogens with zero attached hydrogens (tertiary/aromatic N) is 1. The summed E-state index contributed by atoms with van der Waals surface area (Å²) in [6.45, 7) is 3.32. The molecule has 0 radical (unpaired) electrons. The van der Waals surface area contributed by atoms with E-state index in [-0.39, 0.29) is 12.1 Å². The Balaban J connectivity index is 1.88. The van der Waals surface area contributed by atoms with Crippen LogP contribution in [0, 0.1) is 0 Å². The van der Waals surface area contributed by atoms with E-state index >= 15 is 0 Å². The molecule has 2 fully saturated rings. The quantitative estimate of drug-likeness (QED) is 0.583.